The second kappa shape index (κ2) is 9.59. The van der Waals surface area contributed by atoms with Gasteiger partial charge in [-0.1, -0.05) is 18.2 Å². The standard InChI is InChI=1S/C26H28F5N3O3/c1-14(16-7-6-8-18(22(16)27)24(3,28)29)32-23-17-9-21(20(36-5)10-19(17)33-15(2)34-23)37-13-25(12-35-4)11-26(25,30)31/h6-10,14H,11-13H2,1-5H3,(H,32,33,34)/t14-,25?/m1/s1. The molecule has 0 aliphatic heterocycles. The van der Waals surface area contributed by atoms with Crippen LogP contribution in [0.4, 0.5) is 27.8 Å². The largest absolute Gasteiger partial charge is 0.493 e. The van der Waals surface area contributed by atoms with Crippen LogP contribution < -0.4 is 14.8 Å². The number of ether oxygens (including phenoxy) is 3. The third-order valence-corrected chi connectivity index (χ3v) is 6.55. The second-order valence-corrected chi connectivity index (χ2v) is 9.49. The Morgan fingerprint density at radius 2 is 1.81 bits per heavy atom. The minimum atomic E-state index is -3.35. The molecule has 0 saturated heterocycles. The van der Waals surface area contributed by atoms with E-state index in [4.69, 9.17) is 14.2 Å². The summed E-state index contributed by atoms with van der Waals surface area (Å²) in [4.78, 5) is 8.81. The van der Waals surface area contributed by atoms with Gasteiger partial charge in [-0.05, 0) is 19.9 Å². The number of rotatable bonds is 10. The topological polar surface area (TPSA) is 65.5 Å². The third kappa shape index (κ3) is 5.14. The lowest BCUT2D eigenvalue weighted by Crippen LogP contribution is -2.25. The lowest BCUT2D eigenvalue weighted by molar-refractivity contribution is 0.00145. The summed E-state index contributed by atoms with van der Waals surface area (Å²) in [6, 6.07) is 6.22. The van der Waals surface area contributed by atoms with Gasteiger partial charge in [0.05, 0.1) is 36.3 Å². The zero-order valence-electron chi connectivity index (χ0n) is 21.1. The van der Waals surface area contributed by atoms with Crippen molar-refractivity contribution in [1.82, 2.24) is 9.97 Å². The molecule has 2 aromatic carbocycles. The zero-order valence-corrected chi connectivity index (χ0v) is 21.1. The van der Waals surface area contributed by atoms with E-state index < -0.39 is 34.7 Å². The number of nitrogens with one attached hydrogen (secondary N) is 1. The molecule has 37 heavy (non-hydrogen) atoms. The summed E-state index contributed by atoms with van der Waals surface area (Å²) in [5, 5.41) is 3.52. The van der Waals surface area contributed by atoms with Crippen molar-refractivity contribution in [1.29, 1.82) is 0 Å². The molecule has 200 valence electrons. The van der Waals surface area contributed by atoms with Crippen LogP contribution in [0.25, 0.3) is 10.9 Å². The number of aryl methyl sites for hydroxylation is 1. The molecule has 1 aliphatic rings. The molecule has 1 aromatic heterocycles. The molecule has 0 bridgehead atoms. The average Bonchev–Trinajstić information content (AvgIpc) is 3.36. The number of hydrogen-bond donors (Lipinski definition) is 1. The van der Waals surface area contributed by atoms with Gasteiger partial charge >= 0.3 is 0 Å². The number of nitrogens with zero attached hydrogens (tertiary/aromatic N) is 2. The fourth-order valence-electron chi connectivity index (χ4n) is 4.37. The second-order valence-electron chi connectivity index (χ2n) is 9.49. The highest BCUT2D eigenvalue weighted by Crippen LogP contribution is 2.60. The minimum Gasteiger partial charge on any atom is -0.493 e. The van der Waals surface area contributed by atoms with Crippen LogP contribution in [0.3, 0.4) is 0 Å². The van der Waals surface area contributed by atoms with E-state index in [9.17, 15) is 22.0 Å². The van der Waals surface area contributed by atoms with Crippen molar-refractivity contribution in [2.45, 2.75) is 45.1 Å². The Kier molecular flexibility index (Phi) is 6.96. The van der Waals surface area contributed by atoms with Gasteiger partial charge in [-0.15, -0.1) is 0 Å². The van der Waals surface area contributed by atoms with Gasteiger partial charge in [-0.25, -0.2) is 31.9 Å². The highest BCUT2D eigenvalue weighted by Gasteiger charge is 2.71. The van der Waals surface area contributed by atoms with Gasteiger partial charge in [0, 0.05) is 37.5 Å². The van der Waals surface area contributed by atoms with Gasteiger partial charge in [0.2, 0.25) is 0 Å². The summed E-state index contributed by atoms with van der Waals surface area (Å²) in [6.07, 6.45) is -0.349. The first-order chi connectivity index (χ1) is 17.3. The predicted molar refractivity (Wildman–Crippen MR) is 128 cm³/mol. The van der Waals surface area contributed by atoms with Crippen LogP contribution in [0.1, 0.15) is 43.3 Å². The van der Waals surface area contributed by atoms with Gasteiger partial charge in [0.1, 0.15) is 24.1 Å². The van der Waals surface area contributed by atoms with Gasteiger partial charge < -0.3 is 19.5 Å². The molecule has 1 N–H and O–H groups in total. The fourth-order valence-corrected chi connectivity index (χ4v) is 4.37. The summed E-state index contributed by atoms with van der Waals surface area (Å²) in [5.41, 5.74) is -1.63. The van der Waals surface area contributed by atoms with Gasteiger partial charge in [-0.2, -0.15) is 0 Å². The average molecular weight is 526 g/mol. The van der Waals surface area contributed by atoms with Crippen LogP contribution in [-0.2, 0) is 10.7 Å². The number of halogens is 5. The Labute approximate surface area is 211 Å². The van der Waals surface area contributed by atoms with Gasteiger partial charge in [0.15, 0.2) is 11.5 Å². The van der Waals surface area contributed by atoms with Crippen molar-refractivity contribution < 1.29 is 36.2 Å². The Balaban J connectivity index is 1.69. The number of hydrogen-bond acceptors (Lipinski definition) is 6. The quantitative estimate of drug-likeness (QED) is 0.308. The molecule has 3 aromatic rings. The fraction of sp³-hybridized carbons (Fsp3) is 0.462. The van der Waals surface area contributed by atoms with Crippen molar-refractivity contribution in [2.75, 3.05) is 32.8 Å². The van der Waals surface area contributed by atoms with Crippen LogP contribution in [0.2, 0.25) is 0 Å². The van der Waals surface area contributed by atoms with E-state index in [-0.39, 0.29) is 36.7 Å². The number of fused-ring (bicyclic) bond motifs is 1. The maximum absolute atomic E-state index is 15.0. The van der Waals surface area contributed by atoms with Crippen LogP contribution >= 0.6 is 0 Å². The first kappa shape index (κ1) is 26.8. The van der Waals surface area contributed by atoms with E-state index in [2.05, 4.69) is 15.3 Å². The molecule has 1 aliphatic carbocycles. The molecule has 6 nitrogen and oxygen atoms in total. The number of anilines is 1. The summed E-state index contributed by atoms with van der Waals surface area (Å²) < 4.78 is 86.9. The molecule has 1 heterocycles. The van der Waals surface area contributed by atoms with Crippen molar-refractivity contribution in [3.8, 4) is 11.5 Å². The van der Waals surface area contributed by atoms with E-state index in [1.165, 1.54) is 26.4 Å². The lowest BCUT2D eigenvalue weighted by atomic mass is 10.0. The molecule has 1 fully saturated rings. The van der Waals surface area contributed by atoms with Gasteiger partial charge in [0.25, 0.3) is 11.8 Å². The van der Waals surface area contributed by atoms with Crippen LogP contribution in [0, 0.1) is 18.2 Å². The van der Waals surface area contributed by atoms with E-state index in [0.29, 0.717) is 29.5 Å². The maximum atomic E-state index is 15.0. The summed E-state index contributed by atoms with van der Waals surface area (Å²) in [5.74, 6) is -6.10. The number of alkyl halides is 4. The van der Waals surface area contributed by atoms with E-state index >= 15 is 0 Å². The zero-order chi connectivity index (χ0) is 27.2. The number of benzene rings is 2. The van der Waals surface area contributed by atoms with Gasteiger partial charge in [-0.3, -0.25) is 0 Å². The van der Waals surface area contributed by atoms with Crippen molar-refractivity contribution in [3.63, 3.8) is 0 Å². The van der Waals surface area contributed by atoms with Crippen LogP contribution in [0.15, 0.2) is 30.3 Å². The van der Waals surface area contributed by atoms with Crippen molar-refractivity contribution >= 4 is 16.7 Å². The van der Waals surface area contributed by atoms with E-state index in [1.807, 2.05) is 0 Å². The van der Waals surface area contributed by atoms with E-state index in [1.54, 1.807) is 26.0 Å². The monoisotopic (exact) mass is 525 g/mol. The Morgan fingerprint density at radius 1 is 1.11 bits per heavy atom. The Hall–Kier alpha value is -3.21. The summed E-state index contributed by atoms with van der Waals surface area (Å²) in [7, 11) is 2.77. The van der Waals surface area contributed by atoms with Crippen molar-refractivity contribution in [2.24, 2.45) is 5.41 Å². The first-order valence-electron chi connectivity index (χ1n) is 11.6. The minimum absolute atomic E-state index is 0.0332. The van der Waals surface area contributed by atoms with Crippen LogP contribution in [-0.4, -0.2) is 43.3 Å². The molecule has 1 unspecified atom stereocenters. The molecular weight excluding hydrogens is 497 g/mol. The van der Waals surface area contributed by atoms with Crippen molar-refractivity contribution in [3.05, 3.63) is 53.1 Å². The lowest BCUT2D eigenvalue weighted by Gasteiger charge is -2.21. The molecule has 0 spiro atoms. The number of aromatic nitrogens is 2. The summed E-state index contributed by atoms with van der Waals surface area (Å²) >= 11 is 0. The smallest absolute Gasteiger partial charge is 0.273 e. The third-order valence-electron chi connectivity index (χ3n) is 6.55. The molecule has 4 rings (SSSR count). The molecule has 2 atom stereocenters. The maximum Gasteiger partial charge on any atom is 0.273 e. The highest BCUT2D eigenvalue weighted by molar-refractivity contribution is 5.92. The van der Waals surface area contributed by atoms with Crippen LogP contribution in [0.5, 0.6) is 11.5 Å². The molecule has 1 saturated carbocycles. The molecule has 11 heteroatoms. The summed E-state index contributed by atoms with van der Waals surface area (Å²) in [6.45, 7) is 3.45. The predicted octanol–water partition coefficient (Wildman–Crippen LogP) is 6.42. The SMILES string of the molecule is COCC1(COc2cc3c(N[C@H](C)c4cccc(C(C)(F)F)c4F)nc(C)nc3cc2OC)CC1(F)F. The highest BCUT2D eigenvalue weighted by atomic mass is 19.3. The van der Waals surface area contributed by atoms with E-state index in [0.717, 1.165) is 6.07 Å². The Bertz CT molecular complexity index is 1310. The first-order valence-corrected chi connectivity index (χ1v) is 11.6. The Morgan fingerprint density at radius 3 is 2.41 bits per heavy atom. The normalized spacial score (nSPS) is 19.5. The number of methoxy groups -OCH3 is 2. The molecule has 0 amide bonds. The molecular formula is C26H28F5N3O3. The molecule has 0 radical (unpaired) electrons.